The van der Waals surface area contributed by atoms with E-state index in [9.17, 15) is 9.59 Å². The van der Waals surface area contributed by atoms with Crippen molar-refractivity contribution in [2.24, 2.45) is 5.73 Å². The maximum absolute atomic E-state index is 11.8. The molecular weight excluding hydrogens is 244 g/mol. The summed E-state index contributed by atoms with van der Waals surface area (Å²) in [4.78, 5) is 22.2. The highest BCUT2D eigenvalue weighted by Crippen LogP contribution is 2.13. The number of rotatable bonds is 6. The standard InChI is InChI=1S/C14H20N2O3/c1-9-3-5-11(6-4-9)10(2)16-14(19)12(15)7-8-13(17)18/h3-6,10,12H,7-8,15H2,1-2H3,(H,16,19)(H,17,18). The van der Waals surface area contributed by atoms with Crippen molar-refractivity contribution in [2.75, 3.05) is 0 Å². The molecule has 1 rings (SSSR count). The molecule has 0 bridgehead atoms. The molecule has 0 aliphatic heterocycles. The van der Waals surface area contributed by atoms with Gasteiger partial charge in [-0.2, -0.15) is 0 Å². The van der Waals surface area contributed by atoms with Crippen LogP contribution in [-0.2, 0) is 9.59 Å². The van der Waals surface area contributed by atoms with Crippen molar-refractivity contribution in [1.82, 2.24) is 5.32 Å². The Labute approximate surface area is 112 Å². The molecule has 104 valence electrons. The lowest BCUT2D eigenvalue weighted by Gasteiger charge is -2.17. The van der Waals surface area contributed by atoms with E-state index in [2.05, 4.69) is 5.32 Å². The summed E-state index contributed by atoms with van der Waals surface area (Å²) in [7, 11) is 0. The quantitative estimate of drug-likeness (QED) is 0.723. The molecule has 0 radical (unpaired) electrons. The second kappa shape index (κ2) is 6.89. The molecule has 1 aromatic rings. The van der Waals surface area contributed by atoms with Crippen molar-refractivity contribution in [2.45, 2.75) is 38.8 Å². The third-order valence-electron chi connectivity index (χ3n) is 2.94. The second-order valence-corrected chi connectivity index (χ2v) is 4.68. The van der Waals surface area contributed by atoms with Crippen LogP contribution >= 0.6 is 0 Å². The first-order valence-electron chi connectivity index (χ1n) is 6.24. The number of nitrogens with two attached hydrogens (primary N) is 1. The number of aliphatic carboxylic acids is 1. The van der Waals surface area contributed by atoms with Crippen molar-refractivity contribution in [3.05, 3.63) is 35.4 Å². The van der Waals surface area contributed by atoms with Gasteiger partial charge in [-0.25, -0.2) is 0 Å². The topological polar surface area (TPSA) is 92.4 Å². The van der Waals surface area contributed by atoms with Gasteiger partial charge >= 0.3 is 5.97 Å². The summed E-state index contributed by atoms with van der Waals surface area (Å²) in [5, 5.41) is 11.3. The number of carboxylic acids is 1. The molecule has 0 heterocycles. The van der Waals surface area contributed by atoms with Crippen molar-refractivity contribution < 1.29 is 14.7 Å². The van der Waals surface area contributed by atoms with Crippen molar-refractivity contribution in [3.63, 3.8) is 0 Å². The zero-order valence-corrected chi connectivity index (χ0v) is 11.2. The van der Waals surface area contributed by atoms with Crippen LogP contribution in [0.4, 0.5) is 0 Å². The fraction of sp³-hybridized carbons (Fsp3) is 0.429. The van der Waals surface area contributed by atoms with Gasteiger partial charge < -0.3 is 16.2 Å². The highest BCUT2D eigenvalue weighted by Gasteiger charge is 2.17. The largest absolute Gasteiger partial charge is 0.481 e. The third-order valence-corrected chi connectivity index (χ3v) is 2.94. The maximum Gasteiger partial charge on any atom is 0.303 e. The van der Waals surface area contributed by atoms with Gasteiger partial charge in [0.25, 0.3) is 0 Å². The molecule has 0 aliphatic rings. The lowest BCUT2D eigenvalue weighted by Crippen LogP contribution is -2.41. The van der Waals surface area contributed by atoms with E-state index >= 15 is 0 Å². The molecule has 5 heteroatoms. The molecular formula is C14H20N2O3. The Morgan fingerprint density at radius 1 is 1.32 bits per heavy atom. The van der Waals surface area contributed by atoms with Crippen LogP contribution in [-0.4, -0.2) is 23.0 Å². The van der Waals surface area contributed by atoms with Gasteiger partial charge in [-0.3, -0.25) is 9.59 Å². The summed E-state index contributed by atoms with van der Waals surface area (Å²) >= 11 is 0. The van der Waals surface area contributed by atoms with Crippen molar-refractivity contribution in [3.8, 4) is 0 Å². The first kappa shape index (κ1) is 15.2. The van der Waals surface area contributed by atoms with Crippen molar-refractivity contribution in [1.29, 1.82) is 0 Å². The van der Waals surface area contributed by atoms with E-state index in [0.29, 0.717) is 0 Å². The number of amides is 1. The predicted molar refractivity (Wildman–Crippen MR) is 72.6 cm³/mol. The number of nitrogens with one attached hydrogen (secondary N) is 1. The predicted octanol–water partition coefficient (Wildman–Crippen LogP) is 1.36. The minimum absolute atomic E-state index is 0.104. The summed E-state index contributed by atoms with van der Waals surface area (Å²) in [6.45, 7) is 3.86. The molecule has 2 atom stereocenters. The Balaban J connectivity index is 2.51. The minimum atomic E-state index is -0.949. The van der Waals surface area contributed by atoms with Crippen LogP contribution in [0.1, 0.15) is 36.9 Å². The number of hydrogen-bond donors (Lipinski definition) is 3. The molecule has 5 nitrogen and oxygen atoms in total. The summed E-state index contributed by atoms with van der Waals surface area (Å²) < 4.78 is 0. The number of carboxylic acid groups (broad SMARTS) is 1. The Morgan fingerprint density at radius 2 is 1.89 bits per heavy atom. The van der Waals surface area contributed by atoms with Gasteiger partial charge in [0.05, 0.1) is 12.1 Å². The molecule has 4 N–H and O–H groups in total. The first-order valence-corrected chi connectivity index (χ1v) is 6.24. The highest BCUT2D eigenvalue weighted by molar-refractivity contribution is 5.82. The number of benzene rings is 1. The Morgan fingerprint density at radius 3 is 2.42 bits per heavy atom. The molecule has 0 aromatic heterocycles. The number of carbonyl (C=O) groups is 2. The monoisotopic (exact) mass is 264 g/mol. The fourth-order valence-electron chi connectivity index (χ4n) is 1.67. The molecule has 1 amide bonds. The maximum atomic E-state index is 11.8. The average molecular weight is 264 g/mol. The zero-order chi connectivity index (χ0) is 14.4. The minimum Gasteiger partial charge on any atom is -0.481 e. The van der Waals surface area contributed by atoms with E-state index < -0.39 is 12.0 Å². The summed E-state index contributed by atoms with van der Waals surface area (Å²) in [5.74, 6) is -1.27. The molecule has 19 heavy (non-hydrogen) atoms. The summed E-state index contributed by atoms with van der Waals surface area (Å²) in [6, 6.07) is 6.91. The summed E-state index contributed by atoms with van der Waals surface area (Å²) in [6.07, 6.45) is 0.0370. The normalized spacial score (nSPS) is 13.6. The van der Waals surface area contributed by atoms with Gasteiger partial charge in [0.2, 0.25) is 5.91 Å². The summed E-state index contributed by atoms with van der Waals surface area (Å²) in [5.41, 5.74) is 7.78. The molecule has 1 aromatic carbocycles. The van der Waals surface area contributed by atoms with Gasteiger partial charge in [0.1, 0.15) is 0 Å². The second-order valence-electron chi connectivity index (χ2n) is 4.68. The third kappa shape index (κ3) is 5.09. The SMILES string of the molecule is Cc1ccc(C(C)NC(=O)C(N)CCC(=O)O)cc1. The van der Waals surface area contributed by atoms with E-state index in [0.717, 1.165) is 11.1 Å². The van der Waals surface area contributed by atoms with Crippen LogP contribution in [0, 0.1) is 6.92 Å². The lowest BCUT2D eigenvalue weighted by molar-refractivity contribution is -0.137. The van der Waals surface area contributed by atoms with Crippen LogP contribution in [0.2, 0.25) is 0 Å². The van der Waals surface area contributed by atoms with Gasteiger partial charge in [-0.05, 0) is 25.8 Å². The Bertz CT molecular complexity index is 443. The van der Waals surface area contributed by atoms with E-state index in [1.54, 1.807) is 0 Å². The highest BCUT2D eigenvalue weighted by atomic mass is 16.4. The van der Waals surface area contributed by atoms with Crippen molar-refractivity contribution >= 4 is 11.9 Å². The van der Waals surface area contributed by atoms with Gasteiger partial charge in [0.15, 0.2) is 0 Å². The molecule has 0 spiro atoms. The Kier molecular flexibility index (Phi) is 5.51. The average Bonchev–Trinajstić information content (AvgIpc) is 2.36. The van der Waals surface area contributed by atoms with E-state index in [4.69, 9.17) is 10.8 Å². The van der Waals surface area contributed by atoms with E-state index in [1.807, 2.05) is 38.1 Å². The van der Waals surface area contributed by atoms with Crippen LogP contribution < -0.4 is 11.1 Å². The molecule has 0 saturated heterocycles. The van der Waals surface area contributed by atoms with Crippen LogP contribution in [0.5, 0.6) is 0 Å². The number of carbonyl (C=O) groups excluding carboxylic acids is 1. The number of hydrogen-bond acceptors (Lipinski definition) is 3. The Hall–Kier alpha value is -1.88. The first-order chi connectivity index (χ1) is 8.90. The van der Waals surface area contributed by atoms with Crippen LogP contribution in [0.25, 0.3) is 0 Å². The van der Waals surface area contributed by atoms with E-state index in [1.165, 1.54) is 0 Å². The van der Waals surface area contributed by atoms with Gasteiger partial charge in [0, 0.05) is 6.42 Å². The van der Waals surface area contributed by atoms with Crippen LogP contribution in [0.3, 0.4) is 0 Å². The zero-order valence-electron chi connectivity index (χ0n) is 11.2. The molecule has 2 unspecified atom stereocenters. The smallest absolute Gasteiger partial charge is 0.303 e. The van der Waals surface area contributed by atoms with E-state index in [-0.39, 0.29) is 24.8 Å². The molecule has 0 saturated carbocycles. The van der Waals surface area contributed by atoms with Gasteiger partial charge in [-0.1, -0.05) is 29.8 Å². The number of aryl methyl sites for hydroxylation is 1. The van der Waals surface area contributed by atoms with Crippen LogP contribution in [0.15, 0.2) is 24.3 Å². The lowest BCUT2D eigenvalue weighted by atomic mass is 10.1. The molecule has 0 aliphatic carbocycles. The fourth-order valence-corrected chi connectivity index (χ4v) is 1.67. The molecule has 0 fully saturated rings. The van der Waals surface area contributed by atoms with Gasteiger partial charge in [-0.15, -0.1) is 0 Å².